The van der Waals surface area contributed by atoms with E-state index in [4.69, 9.17) is 9.47 Å². The molecule has 0 unspecified atom stereocenters. The Kier molecular flexibility index (Phi) is 6.77. The maximum absolute atomic E-state index is 14.8. The fourth-order valence-electron chi connectivity index (χ4n) is 3.79. The third-order valence-corrected chi connectivity index (χ3v) is 5.26. The molecule has 29 heavy (non-hydrogen) atoms. The lowest BCUT2D eigenvalue weighted by atomic mass is 9.95. The lowest BCUT2D eigenvalue weighted by Crippen LogP contribution is -2.23. The van der Waals surface area contributed by atoms with Crippen LogP contribution in [0.2, 0.25) is 0 Å². The Morgan fingerprint density at radius 3 is 2.66 bits per heavy atom. The quantitative estimate of drug-likeness (QED) is 0.693. The predicted octanol–water partition coefficient (Wildman–Crippen LogP) is 4.41. The van der Waals surface area contributed by atoms with E-state index >= 15 is 0 Å². The first-order valence-corrected chi connectivity index (χ1v) is 10.3. The Balaban J connectivity index is 1.98. The summed E-state index contributed by atoms with van der Waals surface area (Å²) in [4.78, 5) is 24.4. The molecule has 1 aliphatic rings. The smallest absolute Gasteiger partial charge is 0.344 e. The first-order valence-electron chi connectivity index (χ1n) is 10.3. The second-order valence-electron chi connectivity index (χ2n) is 7.75. The molecule has 0 aliphatic heterocycles. The molecule has 2 aromatic rings. The molecular formula is C22H29FN2O4. The van der Waals surface area contributed by atoms with E-state index in [1.807, 2.05) is 18.4 Å². The molecule has 0 atom stereocenters. The molecule has 0 amide bonds. The maximum atomic E-state index is 14.8. The van der Waals surface area contributed by atoms with E-state index in [0.717, 1.165) is 25.7 Å². The minimum atomic E-state index is -0.554. The number of carbonyl (C=O) groups excluding carboxylic acids is 1. The molecule has 0 bridgehead atoms. The monoisotopic (exact) mass is 404 g/mol. The molecule has 0 saturated heterocycles. The van der Waals surface area contributed by atoms with Gasteiger partial charge < -0.3 is 19.4 Å². The van der Waals surface area contributed by atoms with Crippen molar-refractivity contribution in [1.29, 1.82) is 0 Å². The van der Waals surface area contributed by atoms with Crippen molar-refractivity contribution in [2.24, 2.45) is 0 Å². The number of anilines is 1. The number of nitrogens with zero attached hydrogens (tertiary/aromatic N) is 1. The van der Waals surface area contributed by atoms with Crippen molar-refractivity contribution in [1.82, 2.24) is 4.57 Å². The average molecular weight is 404 g/mol. The fraction of sp³-hybridized carbons (Fsp3) is 0.545. The highest BCUT2D eigenvalue weighted by atomic mass is 19.1. The van der Waals surface area contributed by atoms with Crippen LogP contribution < -0.4 is 15.5 Å². The van der Waals surface area contributed by atoms with Crippen LogP contribution in [0.1, 0.15) is 58.9 Å². The standard InChI is InChI=1S/C22H29FN2O4/c1-4-28-21(26)13-29-20-12-25(14(2)3)19-11-18(17(23)10-16(19)22(20)27)24-15-8-6-5-7-9-15/h10-12,14-15,24H,4-9,13H2,1-3H3. The number of halogens is 1. The van der Waals surface area contributed by atoms with Gasteiger partial charge in [-0.3, -0.25) is 4.79 Å². The minimum Gasteiger partial charge on any atom is -0.476 e. The number of ether oxygens (including phenoxy) is 2. The normalized spacial score (nSPS) is 14.9. The summed E-state index contributed by atoms with van der Waals surface area (Å²) in [5.74, 6) is -1.01. The van der Waals surface area contributed by atoms with E-state index in [0.29, 0.717) is 11.2 Å². The zero-order valence-electron chi connectivity index (χ0n) is 17.3. The van der Waals surface area contributed by atoms with Crippen LogP contribution in [0.5, 0.6) is 5.75 Å². The van der Waals surface area contributed by atoms with Crippen LogP contribution in [-0.4, -0.2) is 29.8 Å². The topological polar surface area (TPSA) is 69.6 Å². The lowest BCUT2D eigenvalue weighted by Gasteiger charge is -2.25. The van der Waals surface area contributed by atoms with Gasteiger partial charge in [0.1, 0.15) is 5.82 Å². The summed E-state index contributed by atoms with van der Waals surface area (Å²) in [6.07, 6.45) is 7.14. The number of hydrogen-bond donors (Lipinski definition) is 1. The van der Waals surface area contributed by atoms with E-state index in [1.165, 1.54) is 12.5 Å². The van der Waals surface area contributed by atoms with Crippen LogP contribution in [0, 0.1) is 5.82 Å². The van der Waals surface area contributed by atoms with Crippen molar-refractivity contribution in [3.05, 3.63) is 34.4 Å². The maximum Gasteiger partial charge on any atom is 0.344 e. The van der Waals surface area contributed by atoms with Crippen LogP contribution in [0.15, 0.2) is 23.1 Å². The molecule has 1 heterocycles. The highest BCUT2D eigenvalue weighted by Crippen LogP contribution is 2.28. The van der Waals surface area contributed by atoms with Gasteiger partial charge in [0.15, 0.2) is 12.4 Å². The summed E-state index contributed by atoms with van der Waals surface area (Å²) in [5, 5.41) is 3.54. The summed E-state index contributed by atoms with van der Waals surface area (Å²) >= 11 is 0. The average Bonchev–Trinajstić information content (AvgIpc) is 2.69. The number of pyridine rings is 1. The van der Waals surface area contributed by atoms with Crippen molar-refractivity contribution in [2.45, 2.75) is 65.0 Å². The number of hydrogen-bond acceptors (Lipinski definition) is 5. The zero-order valence-corrected chi connectivity index (χ0v) is 17.3. The van der Waals surface area contributed by atoms with Gasteiger partial charge >= 0.3 is 5.97 Å². The first kappa shape index (κ1) is 21.1. The van der Waals surface area contributed by atoms with Gasteiger partial charge in [0.2, 0.25) is 5.43 Å². The molecule has 1 N–H and O–H groups in total. The fourth-order valence-corrected chi connectivity index (χ4v) is 3.79. The van der Waals surface area contributed by atoms with Gasteiger partial charge in [0.05, 0.1) is 29.4 Å². The summed E-state index contributed by atoms with van der Waals surface area (Å²) in [6, 6.07) is 3.23. The molecule has 1 saturated carbocycles. The van der Waals surface area contributed by atoms with Crippen LogP contribution in [0.25, 0.3) is 10.9 Å². The number of nitrogens with one attached hydrogen (secondary N) is 1. The summed E-state index contributed by atoms with van der Waals surface area (Å²) in [6.45, 7) is 5.50. The van der Waals surface area contributed by atoms with E-state index in [2.05, 4.69) is 5.32 Å². The summed E-state index contributed by atoms with van der Waals surface area (Å²) in [7, 11) is 0. The number of fused-ring (bicyclic) bond motifs is 1. The molecule has 158 valence electrons. The largest absolute Gasteiger partial charge is 0.476 e. The number of carbonyl (C=O) groups is 1. The molecule has 7 heteroatoms. The van der Waals surface area contributed by atoms with Gasteiger partial charge in [0.25, 0.3) is 0 Å². The predicted molar refractivity (Wildman–Crippen MR) is 111 cm³/mol. The molecule has 1 aromatic heterocycles. The lowest BCUT2D eigenvalue weighted by molar-refractivity contribution is -0.145. The Hall–Kier alpha value is -2.57. The number of aromatic nitrogens is 1. The highest BCUT2D eigenvalue weighted by molar-refractivity contribution is 5.84. The third-order valence-electron chi connectivity index (χ3n) is 5.26. The van der Waals surface area contributed by atoms with Gasteiger partial charge in [-0.1, -0.05) is 19.3 Å². The molecule has 1 aromatic carbocycles. The van der Waals surface area contributed by atoms with Gasteiger partial charge in [-0.15, -0.1) is 0 Å². The molecule has 1 fully saturated rings. The van der Waals surface area contributed by atoms with Crippen LogP contribution in [0.4, 0.5) is 10.1 Å². The van der Waals surface area contributed by atoms with E-state index in [1.54, 1.807) is 19.2 Å². The number of benzene rings is 1. The molecule has 0 radical (unpaired) electrons. The molecule has 6 nitrogen and oxygen atoms in total. The van der Waals surface area contributed by atoms with Crippen molar-refractivity contribution >= 4 is 22.6 Å². The molecule has 3 rings (SSSR count). The van der Waals surface area contributed by atoms with E-state index < -0.39 is 17.2 Å². The van der Waals surface area contributed by atoms with Crippen LogP contribution >= 0.6 is 0 Å². The van der Waals surface area contributed by atoms with Crippen molar-refractivity contribution < 1.29 is 18.7 Å². The Labute approximate surface area is 170 Å². The minimum absolute atomic E-state index is 0.00615. The second kappa shape index (κ2) is 9.29. The molecular weight excluding hydrogens is 375 g/mol. The van der Waals surface area contributed by atoms with Crippen molar-refractivity contribution in [3.8, 4) is 5.75 Å². The van der Waals surface area contributed by atoms with Crippen molar-refractivity contribution in [3.63, 3.8) is 0 Å². The third kappa shape index (κ3) is 4.89. The van der Waals surface area contributed by atoms with Gasteiger partial charge in [-0.2, -0.15) is 0 Å². The summed E-state index contributed by atoms with van der Waals surface area (Å²) < 4.78 is 26.9. The molecule has 1 aliphatic carbocycles. The number of rotatable bonds is 7. The van der Waals surface area contributed by atoms with Crippen LogP contribution in [-0.2, 0) is 9.53 Å². The SMILES string of the molecule is CCOC(=O)COc1cn(C(C)C)c2cc(NC3CCCCC3)c(F)cc2c1=O. The van der Waals surface area contributed by atoms with E-state index in [-0.39, 0.29) is 36.4 Å². The first-order chi connectivity index (χ1) is 13.9. The van der Waals surface area contributed by atoms with Gasteiger partial charge in [-0.25, -0.2) is 9.18 Å². The Morgan fingerprint density at radius 2 is 2.00 bits per heavy atom. The Morgan fingerprint density at radius 1 is 1.28 bits per heavy atom. The van der Waals surface area contributed by atoms with Crippen molar-refractivity contribution in [2.75, 3.05) is 18.5 Å². The number of esters is 1. The van der Waals surface area contributed by atoms with Gasteiger partial charge in [0, 0.05) is 12.1 Å². The molecule has 0 spiro atoms. The van der Waals surface area contributed by atoms with Crippen LogP contribution in [0.3, 0.4) is 0 Å². The van der Waals surface area contributed by atoms with E-state index in [9.17, 15) is 14.0 Å². The second-order valence-corrected chi connectivity index (χ2v) is 7.75. The summed E-state index contributed by atoms with van der Waals surface area (Å²) in [5.41, 5.74) is 0.607. The highest BCUT2D eigenvalue weighted by Gasteiger charge is 2.19. The van der Waals surface area contributed by atoms with Gasteiger partial charge in [-0.05, 0) is 45.7 Å². The zero-order chi connectivity index (χ0) is 21.0. The Bertz CT molecular complexity index is 933.